The Kier molecular flexibility index (Phi) is 3.38. The first-order chi connectivity index (χ1) is 9.31. The molecule has 102 valence electrons. The van der Waals surface area contributed by atoms with E-state index in [-0.39, 0.29) is 5.97 Å². The first kappa shape index (κ1) is 12.4. The van der Waals surface area contributed by atoms with E-state index >= 15 is 0 Å². The smallest absolute Gasteiger partial charge is 0.341 e. The van der Waals surface area contributed by atoms with Crippen LogP contribution in [0.15, 0.2) is 18.3 Å². The predicted octanol–water partition coefficient (Wildman–Crippen LogP) is 1.06. The van der Waals surface area contributed by atoms with Crippen molar-refractivity contribution in [2.24, 2.45) is 5.92 Å². The van der Waals surface area contributed by atoms with Crippen molar-refractivity contribution in [1.29, 1.82) is 0 Å². The van der Waals surface area contributed by atoms with Crippen LogP contribution in [0.25, 0.3) is 0 Å². The van der Waals surface area contributed by atoms with Crippen molar-refractivity contribution in [3.8, 4) is 0 Å². The topological polar surface area (TPSA) is 54.5 Å². The molecule has 0 amide bonds. The minimum Gasteiger partial charge on any atom is -0.462 e. The van der Waals surface area contributed by atoms with E-state index in [0.29, 0.717) is 24.1 Å². The molecule has 2 fully saturated rings. The third-order valence-corrected chi connectivity index (χ3v) is 4.00. The molecule has 2 saturated heterocycles. The van der Waals surface area contributed by atoms with Crippen LogP contribution in [0.4, 0.5) is 5.82 Å². The molecule has 0 saturated carbocycles. The zero-order valence-electron chi connectivity index (χ0n) is 11.1. The first-order valence-corrected chi connectivity index (χ1v) is 6.90. The standard InChI is InChI=1S/C14H19N3O2/c1-2-19-14(18)11-4-3-6-16-13(11)17-7-5-10-8-15-9-12(10)17/h3-4,6,10,12,15H,2,5,7-9H2,1H3/t10-,12+/m0/s1. The van der Waals surface area contributed by atoms with Crippen LogP contribution in [0.2, 0.25) is 0 Å². The second-order valence-electron chi connectivity index (χ2n) is 5.06. The van der Waals surface area contributed by atoms with Gasteiger partial charge in [-0.3, -0.25) is 0 Å². The predicted molar refractivity (Wildman–Crippen MR) is 72.3 cm³/mol. The number of hydrogen-bond donors (Lipinski definition) is 1. The number of carbonyl (C=O) groups is 1. The second-order valence-corrected chi connectivity index (χ2v) is 5.06. The lowest BCUT2D eigenvalue weighted by molar-refractivity contribution is 0.0526. The molecule has 0 aromatic carbocycles. The van der Waals surface area contributed by atoms with Crippen molar-refractivity contribution in [3.05, 3.63) is 23.9 Å². The fraction of sp³-hybridized carbons (Fsp3) is 0.571. The number of fused-ring (bicyclic) bond motifs is 1. The summed E-state index contributed by atoms with van der Waals surface area (Å²) in [5, 5.41) is 3.41. The van der Waals surface area contributed by atoms with Crippen LogP contribution < -0.4 is 10.2 Å². The summed E-state index contributed by atoms with van der Waals surface area (Å²) in [5.41, 5.74) is 0.580. The van der Waals surface area contributed by atoms with Crippen molar-refractivity contribution in [2.75, 3.05) is 31.1 Å². The van der Waals surface area contributed by atoms with Gasteiger partial charge in [-0.2, -0.15) is 0 Å². The summed E-state index contributed by atoms with van der Waals surface area (Å²) in [5.74, 6) is 1.18. The van der Waals surface area contributed by atoms with Gasteiger partial charge >= 0.3 is 5.97 Å². The first-order valence-electron chi connectivity index (χ1n) is 6.90. The Balaban J connectivity index is 1.90. The number of esters is 1. The molecule has 0 aliphatic carbocycles. The van der Waals surface area contributed by atoms with Crippen molar-refractivity contribution < 1.29 is 9.53 Å². The van der Waals surface area contributed by atoms with E-state index < -0.39 is 0 Å². The van der Waals surface area contributed by atoms with Gasteiger partial charge in [0.2, 0.25) is 0 Å². The van der Waals surface area contributed by atoms with Gasteiger partial charge < -0.3 is 15.0 Å². The van der Waals surface area contributed by atoms with Crippen LogP contribution in [0, 0.1) is 5.92 Å². The molecule has 1 aromatic rings. The Bertz CT molecular complexity index is 478. The van der Waals surface area contributed by atoms with E-state index in [9.17, 15) is 4.79 Å². The number of aromatic nitrogens is 1. The van der Waals surface area contributed by atoms with Crippen LogP contribution >= 0.6 is 0 Å². The highest BCUT2D eigenvalue weighted by molar-refractivity contribution is 5.94. The average Bonchev–Trinajstić information content (AvgIpc) is 3.01. The minimum atomic E-state index is -0.278. The molecule has 5 nitrogen and oxygen atoms in total. The zero-order valence-corrected chi connectivity index (χ0v) is 11.1. The fourth-order valence-electron chi connectivity index (χ4n) is 3.11. The molecule has 2 atom stereocenters. The van der Waals surface area contributed by atoms with Gasteiger partial charge in [0.1, 0.15) is 11.4 Å². The lowest BCUT2D eigenvalue weighted by atomic mass is 10.1. The maximum absolute atomic E-state index is 12.0. The minimum absolute atomic E-state index is 0.278. The van der Waals surface area contributed by atoms with Crippen LogP contribution in [-0.4, -0.2) is 43.2 Å². The van der Waals surface area contributed by atoms with Gasteiger partial charge in [0.05, 0.1) is 6.61 Å². The number of rotatable bonds is 3. The zero-order chi connectivity index (χ0) is 13.2. The maximum Gasteiger partial charge on any atom is 0.341 e. The van der Waals surface area contributed by atoms with Gasteiger partial charge in [-0.1, -0.05) is 0 Å². The molecule has 3 rings (SSSR count). The number of nitrogens with one attached hydrogen (secondary N) is 1. The number of pyridine rings is 1. The van der Waals surface area contributed by atoms with E-state index in [1.807, 2.05) is 6.92 Å². The monoisotopic (exact) mass is 261 g/mol. The summed E-state index contributed by atoms with van der Waals surface area (Å²) >= 11 is 0. The summed E-state index contributed by atoms with van der Waals surface area (Å²) in [7, 11) is 0. The van der Waals surface area contributed by atoms with Gasteiger partial charge in [0.25, 0.3) is 0 Å². The van der Waals surface area contributed by atoms with E-state index in [0.717, 1.165) is 31.9 Å². The SMILES string of the molecule is CCOC(=O)c1cccnc1N1CC[C@H]2CNC[C@H]21. The molecule has 0 unspecified atom stereocenters. The molecule has 1 N–H and O–H groups in total. The molecule has 3 heterocycles. The second kappa shape index (κ2) is 5.17. The Labute approximate surface area is 113 Å². The normalized spacial score (nSPS) is 25.4. The molecule has 5 heteroatoms. The molecule has 0 bridgehead atoms. The average molecular weight is 261 g/mol. The Morgan fingerprint density at radius 2 is 2.47 bits per heavy atom. The third kappa shape index (κ3) is 2.18. The number of ether oxygens (including phenoxy) is 1. The van der Waals surface area contributed by atoms with E-state index in [1.54, 1.807) is 18.3 Å². The van der Waals surface area contributed by atoms with E-state index in [4.69, 9.17) is 4.74 Å². The largest absolute Gasteiger partial charge is 0.462 e. The van der Waals surface area contributed by atoms with Crippen LogP contribution in [0.3, 0.4) is 0 Å². The molecule has 1 aromatic heterocycles. The number of hydrogen-bond acceptors (Lipinski definition) is 5. The van der Waals surface area contributed by atoms with Gasteiger partial charge in [-0.05, 0) is 31.4 Å². The van der Waals surface area contributed by atoms with Crippen molar-refractivity contribution in [2.45, 2.75) is 19.4 Å². The summed E-state index contributed by atoms with van der Waals surface area (Å²) in [4.78, 5) is 18.7. The molecular formula is C14H19N3O2. The Morgan fingerprint density at radius 3 is 3.32 bits per heavy atom. The highest BCUT2D eigenvalue weighted by Gasteiger charge is 2.39. The van der Waals surface area contributed by atoms with Crippen LogP contribution in [-0.2, 0) is 4.74 Å². The van der Waals surface area contributed by atoms with Gasteiger partial charge in [0, 0.05) is 31.9 Å². The maximum atomic E-state index is 12.0. The fourth-order valence-corrected chi connectivity index (χ4v) is 3.11. The third-order valence-electron chi connectivity index (χ3n) is 4.00. The summed E-state index contributed by atoms with van der Waals surface area (Å²) in [6.07, 6.45) is 2.91. The molecule has 0 radical (unpaired) electrons. The summed E-state index contributed by atoms with van der Waals surface area (Å²) in [6, 6.07) is 4.05. The lowest BCUT2D eigenvalue weighted by Gasteiger charge is -2.26. The summed E-state index contributed by atoms with van der Waals surface area (Å²) in [6.45, 7) is 5.23. The van der Waals surface area contributed by atoms with Gasteiger partial charge in [0.15, 0.2) is 0 Å². The van der Waals surface area contributed by atoms with Crippen molar-refractivity contribution in [1.82, 2.24) is 10.3 Å². The number of nitrogens with zero attached hydrogens (tertiary/aromatic N) is 2. The quantitative estimate of drug-likeness (QED) is 0.824. The molecule has 0 spiro atoms. The lowest BCUT2D eigenvalue weighted by Crippen LogP contribution is -2.35. The van der Waals surface area contributed by atoms with Gasteiger partial charge in [-0.25, -0.2) is 9.78 Å². The number of carbonyl (C=O) groups excluding carboxylic acids is 1. The van der Waals surface area contributed by atoms with Crippen molar-refractivity contribution >= 4 is 11.8 Å². The van der Waals surface area contributed by atoms with E-state index in [1.165, 1.54) is 0 Å². The Hall–Kier alpha value is -1.62. The molecular weight excluding hydrogens is 242 g/mol. The highest BCUT2D eigenvalue weighted by atomic mass is 16.5. The Morgan fingerprint density at radius 1 is 1.58 bits per heavy atom. The molecule has 19 heavy (non-hydrogen) atoms. The van der Waals surface area contributed by atoms with Crippen LogP contribution in [0.1, 0.15) is 23.7 Å². The van der Waals surface area contributed by atoms with E-state index in [2.05, 4.69) is 15.2 Å². The summed E-state index contributed by atoms with van der Waals surface area (Å²) < 4.78 is 5.12. The molecule has 2 aliphatic heterocycles. The van der Waals surface area contributed by atoms with Gasteiger partial charge in [-0.15, -0.1) is 0 Å². The van der Waals surface area contributed by atoms with Crippen molar-refractivity contribution in [3.63, 3.8) is 0 Å². The van der Waals surface area contributed by atoms with Crippen LogP contribution in [0.5, 0.6) is 0 Å². The number of anilines is 1. The molecule has 2 aliphatic rings. The highest BCUT2D eigenvalue weighted by Crippen LogP contribution is 2.32.